The summed E-state index contributed by atoms with van der Waals surface area (Å²) in [4.78, 5) is 33.7. The van der Waals surface area contributed by atoms with E-state index >= 15 is 0 Å². The van der Waals surface area contributed by atoms with E-state index in [2.05, 4.69) is 4.72 Å². The number of rotatable bonds is 0. The summed E-state index contributed by atoms with van der Waals surface area (Å²) in [7, 11) is -3.37. The summed E-state index contributed by atoms with van der Waals surface area (Å²) >= 11 is 0. The Morgan fingerprint density at radius 3 is 2.25 bits per heavy atom. The van der Waals surface area contributed by atoms with Crippen molar-refractivity contribution in [3.63, 3.8) is 0 Å². The predicted octanol–water partition coefficient (Wildman–Crippen LogP) is 1.86. The van der Waals surface area contributed by atoms with Crippen molar-refractivity contribution in [2.45, 2.75) is 4.90 Å². The third-order valence-corrected chi connectivity index (χ3v) is 4.79. The van der Waals surface area contributed by atoms with Crippen LogP contribution < -0.4 is 4.72 Å². The molecule has 1 aliphatic rings. The molecule has 1 aromatic rings. The molecule has 0 spiro atoms. The van der Waals surface area contributed by atoms with Crippen LogP contribution in [0.15, 0.2) is 29.2 Å². The molecule has 0 saturated carbocycles. The molecule has 1 aliphatic heterocycles. The maximum atomic E-state index is 11.5. The Morgan fingerprint density at radius 2 is 1.69 bits per heavy atom. The zero-order valence-corrected chi connectivity index (χ0v) is 8.65. The minimum atomic E-state index is -3.37. The molecule has 0 aromatic heterocycles. The zero-order valence-electron chi connectivity index (χ0n) is 7.84. The van der Waals surface area contributed by atoms with E-state index in [-0.39, 0.29) is 10.5 Å². The average molecular weight is 241 g/mol. The molecular weight excluding hydrogens is 234 g/mol. The molecular formula is C9H7NO5S. The summed E-state index contributed by atoms with van der Waals surface area (Å²) in [6.07, 6.45) is 0. The summed E-state index contributed by atoms with van der Waals surface area (Å²) in [5.74, 6) is -0.657. The molecule has 1 aromatic carbocycles. The third-order valence-electron chi connectivity index (χ3n) is 2.23. The number of carboxylic acid groups (broad SMARTS) is 2. The van der Waals surface area contributed by atoms with Crippen LogP contribution in [0.25, 0.3) is 0 Å². The van der Waals surface area contributed by atoms with Crippen molar-refractivity contribution in [2.24, 2.45) is 0 Å². The van der Waals surface area contributed by atoms with Crippen molar-refractivity contribution >= 4 is 26.7 Å². The van der Waals surface area contributed by atoms with E-state index in [0.717, 1.165) is 0 Å². The largest absolute Gasteiger partial charge is 0.472 e. The second-order valence-electron chi connectivity index (χ2n) is 3.07. The SMILES string of the molecule is O=C1NS(C(=O)O)(C(=O)O)c2ccccc21. The van der Waals surface area contributed by atoms with E-state index < -0.39 is 26.7 Å². The van der Waals surface area contributed by atoms with Crippen LogP contribution in [0.3, 0.4) is 0 Å². The van der Waals surface area contributed by atoms with Gasteiger partial charge in [0.1, 0.15) is 0 Å². The summed E-state index contributed by atoms with van der Waals surface area (Å²) in [6.45, 7) is 0. The van der Waals surface area contributed by atoms with Gasteiger partial charge in [-0.1, -0.05) is 12.1 Å². The third kappa shape index (κ3) is 1.12. The van der Waals surface area contributed by atoms with Gasteiger partial charge in [-0.3, -0.25) is 9.52 Å². The Balaban J connectivity index is 2.74. The number of amides is 1. The molecule has 0 unspecified atom stereocenters. The van der Waals surface area contributed by atoms with E-state index in [0.29, 0.717) is 0 Å². The highest BCUT2D eigenvalue weighted by molar-refractivity contribution is 8.54. The van der Waals surface area contributed by atoms with Gasteiger partial charge in [0.2, 0.25) is 0 Å². The van der Waals surface area contributed by atoms with Gasteiger partial charge in [0.25, 0.3) is 5.91 Å². The second kappa shape index (κ2) is 3.24. The lowest BCUT2D eigenvalue weighted by Gasteiger charge is -2.24. The smallest absolute Gasteiger partial charge is 0.378 e. The van der Waals surface area contributed by atoms with Crippen molar-refractivity contribution < 1.29 is 24.6 Å². The topological polar surface area (TPSA) is 104 Å². The maximum absolute atomic E-state index is 11.5. The molecule has 7 heteroatoms. The fourth-order valence-electron chi connectivity index (χ4n) is 1.52. The number of benzene rings is 1. The van der Waals surface area contributed by atoms with Crippen molar-refractivity contribution in [3.8, 4) is 0 Å². The predicted molar refractivity (Wildman–Crippen MR) is 55.8 cm³/mol. The lowest BCUT2D eigenvalue weighted by molar-refractivity contribution is 0.0984. The number of nitrogens with one attached hydrogen (secondary N) is 1. The van der Waals surface area contributed by atoms with E-state index in [1.165, 1.54) is 18.2 Å². The number of fused-ring (bicyclic) bond motifs is 1. The first kappa shape index (κ1) is 10.5. The van der Waals surface area contributed by atoms with Crippen LogP contribution in [0.2, 0.25) is 0 Å². The highest BCUT2D eigenvalue weighted by Gasteiger charge is 2.50. The van der Waals surface area contributed by atoms with Gasteiger partial charge in [-0.05, 0) is 12.1 Å². The Kier molecular flexibility index (Phi) is 2.13. The normalized spacial score (nSPS) is 18.4. The summed E-state index contributed by atoms with van der Waals surface area (Å²) in [5.41, 5.74) is 0.113. The highest BCUT2D eigenvalue weighted by Crippen LogP contribution is 2.58. The van der Waals surface area contributed by atoms with Crippen molar-refractivity contribution in [2.75, 3.05) is 0 Å². The van der Waals surface area contributed by atoms with Gasteiger partial charge in [-0.25, -0.2) is 9.59 Å². The van der Waals surface area contributed by atoms with Crippen LogP contribution in [0.1, 0.15) is 10.4 Å². The zero-order chi connectivity index (χ0) is 11.9. The highest BCUT2D eigenvalue weighted by atomic mass is 32.3. The molecule has 0 saturated heterocycles. The number of hydrogen-bond acceptors (Lipinski definition) is 3. The molecule has 0 bridgehead atoms. The number of carbonyl (C=O) groups excluding carboxylic acids is 1. The van der Waals surface area contributed by atoms with Crippen LogP contribution in [0.4, 0.5) is 9.59 Å². The molecule has 6 nitrogen and oxygen atoms in total. The monoisotopic (exact) mass is 241 g/mol. The van der Waals surface area contributed by atoms with E-state index in [4.69, 9.17) is 10.2 Å². The molecule has 0 radical (unpaired) electrons. The van der Waals surface area contributed by atoms with Crippen LogP contribution in [0.5, 0.6) is 0 Å². The minimum Gasteiger partial charge on any atom is -0.472 e. The van der Waals surface area contributed by atoms with Crippen LogP contribution in [-0.4, -0.2) is 26.7 Å². The Labute approximate surface area is 91.3 Å². The lowest BCUT2D eigenvalue weighted by Crippen LogP contribution is -2.29. The Bertz CT molecular complexity index is 498. The van der Waals surface area contributed by atoms with Gasteiger partial charge in [0.05, 0.1) is 15.8 Å². The van der Waals surface area contributed by atoms with E-state index in [1.54, 1.807) is 6.07 Å². The summed E-state index contributed by atoms with van der Waals surface area (Å²) in [6, 6.07) is 5.82. The first-order chi connectivity index (χ1) is 7.50. The fraction of sp³-hybridized carbons (Fsp3) is 0. The van der Waals surface area contributed by atoms with Crippen molar-refractivity contribution in [3.05, 3.63) is 29.8 Å². The second-order valence-corrected chi connectivity index (χ2v) is 5.64. The first-order valence-corrected chi connectivity index (χ1v) is 5.84. The van der Waals surface area contributed by atoms with E-state index in [9.17, 15) is 14.4 Å². The lowest BCUT2D eigenvalue weighted by atomic mass is 10.2. The Hall–Kier alpha value is -2.02. The van der Waals surface area contributed by atoms with Gasteiger partial charge in [0.15, 0.2) is 0 Å². The molecule has 0 aliphatic carbocycles. The molecule has 1 heterocycles. The molecule has 16 heavy (non-hydrogen) atoms. The number of hydrogen-bond donors (Lipinski definition) is 3. The van der Waals surface area contributed by atoms with Gasteiger partial charge in [0, 0.05) is 4.90 Å². The number of carbonyl (C=O) groups is 3. The van der Waals surface area contributed by atoms with E-state index in [1.807, 2.05) is 0 Å². The first-order valence-electron chi connectivity index (χ1n) is 4.20. The quantitative estimate of drug-likeness (QED) is 0.643. The molecule has 1 amide bonds. The van der Waals surface area contributed by atoms with Gasteiger partial charge in [-0.15, -0.1) is 0 Å². The van der Waals surface area contributed by atoms with Crippen molar-refractivity contribution in [1.82, 2.24) is 4.72 Å². The molecule has 2 rings (SSSR count). The molecule has 0 atom stereocenters. The standard InChI is InChI=1S/C9H7NO5S/c11-7-5-3-1-2-4-6(5)16(10-7,8(12)13)9(14)15/h1-4H,(H,10,11)(H,12,13)(H,14,15). The van der Waals surface area contributed by atoms with Crippen molar-refractivity contribution in [1.29, 1.82) is 0 Å². The fourth-order valence-corrected chi connectivity index (χ4v) is 3.49. The Morgan fingerprint density at radius 1 is 1.12 bits per heavy atom. The molecule has 3 N–H and O–H groups in total. The van der Waals surface area contributed by atoms with Gasteiger partial charge < -0.3 is 10.2 Å². The van der Waals surface area contributed by atoms with Gasteiger partial charge in [-0.2, -0.15) is 0 Å². The summed E-state index contributed by atoms with van der Waals surface area (Å²) in [5, 5.41) is 15.0. The maximum Gasteiger partial charge on any atom is 0.378 e. The molecule has 0 fully saturated rings. The van der Waals surface area contributed by atoms with Crippen LogP contribution in [-0.2, 0) is 0 Å². The summed E-state index contributed by atoms with van der Waals surface area (Å²) < 4.78 is 2.08. The van der Waals surface area contributed by atoms with Crippen LogP contribution in [0, 0.1) is 0 Å². The molecule has 84 valence electrons. The average Bonchev–Trinajstić information content (AvgIpc) is 2.54. The minimum absolute atomic E-state index is 0.0417. The van der Waals surface area contributed by atoms with Crippen LogP contribution >= 0.6 is 10.2 Å². The van der Waals surface area contributed by atoms with Gasteiger partial charge >= 0.3 is 10.6 Å².